The van der Waals surface area contributed by atoms with E-state index in [2.05, 4.69) is 18.7 Å². The summed E-state index contributed by atoms with van der Waals surface area (Å²) in [5.41, 5.74) is 6.41. The van der Waals surface area contributed by atoms with Crippen molar-refractivity contribution in [2.24, 2.45) is 17.6 Å². The number of rotatable bonds is 5. The fourth-order valence-corrected chi connectivity index (χ4v) is 4.23. The molecule has 0 aromatic heterocycles. The molecule has 19 heavy (non-hydrogen) atoms. The van der Waals surface area contributed by atoms with E-state index in [-0.39, 0.29) is 0 Å². The molecule has 2 nitrogen and oxygen atoms in total. The van der Waals surface area contributed by atoms with Gasteiger partial charge >= 0.3 is 0 Å². The molecule has 2 heteroatoms. The zero-order valence-corrected chi connectivity index (χ0v) is 13.1. The molecule has 0 bridgehead atoms. The smallest absolute Gasteiger partial charge is 0.00952 e. The molecule has 4 atom stereocenters. The lowest BCUT2D eigenvalue weighted by atomic mass is 9.76. The monoisotopic (exact) mass is 266 g/mol. The SMILES string of the molecule is CCCC1CCCCN1CC1CC(CC)CCC1N. The predicted octanol–water partition coefficient (Wildman–Crippen LogP) is 3.79. The van der Waals surface area contributed by atoms with E-state index in [9.17, 15) is 0 Å². The molecular weight excluding hydrogens is 232 g/mol. The predicted molar refractivity (Wildman–Crippen MR) is 83.2 cm³/mol. The second-order valence-corrected chi connectivity index (χ2v) is 6.94. The second kappa shape index (κ2) is 7.64. The number of hydrogen-bond donors (Lipinski definition) is 1. The molecule has 2 N–H and O–H groups in total. The lowest BCUT2D eigenvalue weighted by Crippen LogP contribution is -2.48. The Bertz CT molecular complexity index is 252. The maximum absolute atomic E-state index is 6.41. The minimum absolute atomic E-state index is 0.465. The van der Waals surface area contributed by atoms with E-state index in [4.69, 9.17) is 5.73 Å². The van der Waals surface area contributed by atoms with Crippen molar-refractivity contribution in [3.05, 3.63) is 0 Å². The topological polar surface area (TPSA) is 29.3 Å². The van der Waals surface area contributed by atoms with Gasteiger partial charge in [0.05, 0.1) is 0 Å². The molecule has 0 aromatic carbocycles. The van der Waals surface area contributed by atoms with E-state index in [0.717, 1.165) is 17.9 Å². The second-order valence-electron chi connectivity index (χ2n) is 6.94. The number of likely N-dealkylation sites (tertiary alicyclic amines) is 1. The van der Waals surface area contributed by atoms with Gasteiger partial charge in [-0.25, -0.2) is 0 Å². The van der Waals surface area contributed by atoms with Crippen molar-refractivity contribution in [1.29, 1.82) is 0 Å². The van der Waals surface area contributed by atoms with E-state index in [1.54, 1.807) is 0 Å². The summed E-state index contributed by atoms with van der Waals surface area (Å²) in [6.07, 6.45) is 12.3. The Morgan fingerprint density at radius 3 is 2.68 bits per heavy atom. The van der Waals surface area contributed by atoms with Gasteiger partial charge in [0.1, 0.15) is 0 Å². The summed E-state index contributed by atoms with van der Waals surface area (Å²) in [5, 5.41) is 0. The summed E-state index contributed by atoms with van der Waals surface area (Å²) >= 11 is 0. The van der Waals surface area contributed by atoms with Crippen molar-refractivity contribution in [2.75, 3.05) is 13.1 Å². The molecule has 2 rings (SSSR count). The average molecular weight is 266 g/mol. The normalized spacial score (nSPS) is 37.4. The van der Waals surface area contributed by atoms with Crippen LogP contribution in [0.25, 0.3) is 0 Å². The van der Waals surface area contributed by atoms with Crippen LogP contribution in [-0.4, -0.2) is 30.1 Å². The standard InChI is InChI=1S/C17H34N2/c1-3-7-16-8-5-6-11-19(16)13-15-12-14(4-2)9-10-17(15)18/h14-17H,3-13,18H2,1-2H3. The summed E-state index contributed by atoms with van der Waals surface area (Å²) < 4.78 is 0. The Hall–Kier alpha value is -0.0800. The highest BCUT2D eigenvalue weighted by atomic mass is 15.2. The minimum atomic E-state index is 0.465. The van der Waals surface area contributed by atoms with Crippen LogP contribution in [0.5, 0.6) is 0 Å². The third-order valence-electron chi connectivity index (χ3n) is 5.57. The van der Waals surface area contributed by atoms with E-state index in [0.29, 0.717) is 6.04 Å². The van der Waals surface area contributed by atoms with Crippen molar-refractivity contribution >= 4 is 0 Å². The lowest BCUT2D eigenvalue weighted by Gasteiger charge is -2.42. The Morgan fingerprint density at radius 1 is 1.11 bits per heavy atom. The van der Waals surface area contributed by atoms with E-state index < -0.39 is 0 Å². The molecule has 0 aromatic rings. The van der Waals surface area contributed by atoms with Crippen LogP contribution < -0.4 is 5.73 Å². The van der Waals surface area contributed by atoms with Gasteiger partial charge in [-0.1, -0.05) is 33.1 Å². The van der Waals surface area contributed by atoms with Crippen molar-refractivity contribution in [3.63, 3.8) is 0 Å². The fourth-order valence-electron chi connectivity index (χ4n) is 4.23. The van der Waals surface area contributed by atoms with Crippen LogP contribution in [0, 0.1) is 11.8 Å². The number of nitrogens with zero attached hydrogens (tertiary/aromatic N) is 1. The summed E-state index contributed by atoms with van der Waals surface area (Å²) in [6.45, 7) is 7.28. The molecule has 1 aliphatic carbocycles. The van der Waals surface area contributed by atoms with Crippen LogP contribution in [-0.2, 0) is 0 Å². The van der Waals surface area contributed by atoms with Crippen LogP contribution in [0.1, 0.15) is 71.6 Å². The van der Waals surface area contributed by atoms with E-state index in [1.165, 1.54) is 70.9 Å². The van der Waals surface area contributed by atoms with E-state index >= 15 is 0 Å². The van der Waals surface area contributed by atoms with Crippen LogP contribution >= 0.6 is 0 Å². The zero-order chi connectivity index (χ0) is 13.7. The Morgan fingerprint density at radius 2 is 1.95 bits per heavy atom. The molecular formula is C17H34N2. The molecule has 2 aliphatic rings. The van der Waals surface area contributed by atoms with E-state index in [1.807, 2.05) is 0 Å². The van der Waals surface area contributed by atoms with Gasteiger partial charge in [0.2, 0.25) is 0 Å². The highest BCUT2D eigenvalue weighted by Crippen LogP contribution is 2.32. The van der Waals surface area contributed by atoms with Gasteiger partial charge in [-0.05, 0) is 56.9 Å². The summed E-state index contributed by atoms with van der Waals surface area (Å²) in [6, 6.07) is 1.32. The van der Waals surface area contributed by atoms with Gasteiger partial charge in [0.25, 0.3) is 0 Å². The summed E-state index contributed by atoms with van der Waals surface area (Å²) in [5.74, 6) is 1.70. The maximum Gasteiger partial charge on any atom is 0.00952 e. The van der Waals surface area contributed by atoms with Gasteiger partial charge in [-0.2, -0.15) is 0 Å². The first-order chi connectivity index (χ1) is 9.24. The molecule has 4 unspecified atom stereocenters. The first kappa shape index (κ1) is 15.3. The number of nitrogens with two attached hydrogens (primary N) is 1. The maximum atomic E-state index is 6.41. The highest BCUT2D eigenvalue weighted by molar-refractivity contribution is 4.87. The van der Waals surface area contributed by atoms with Crippen LogP contribution in [0.4, 0.5) is 0 Å². The molecule has 1 heterocycles. The Kier molecular flexibility index (Phi) is 6.15. The highest BCUT2D eigenvalue weighted by Gasteiger charge is 2.31. The van der Waals surface area contributed by atoms with Gasteiger partial charge in [0.15, 0.2) is 0 Å². The minimum Gasteiger partial charge on any atom is -0.327 e. The molecule has 2 fully saturated rings. The van der Waals surface area contributed by atoms with Crippen LogP contribution in [0.15, 0.2) is 0 Å². The number of piperidine rings is 1. The molecule has 1 aliphatic heterocycles. The third-order valence-corrected chi connectivity index (χ3v) is 5.57. The van der Waals surface area contributed by atoms with Crippen molar-refractivity contribution in [3.8, 4) is 0 Å². The Balaban J connectivity index is 1.89. The molecule has 0 radical (unpaired) electrons. The van der Waals surface area contributed by atoms with Gasteiger partial charge < -0.3 is 10.6 Å². The largest absolute Gasteiger partial charge is 0.327 e. The number of hydrogen-bond acceptors (Lipinski definition) is 2. The Labute approximate surface area is 120 Å². The quantitative estimate of drug-likeness (QED) is 0.820. The van der Waals surface area contributed by atoms with Gasteiger partial charge in [-0.3, -0.25) is 0 Å². The van der Waals surface area contributed by atoms with Crippen molar-refractivity contribution in [1.82, 2.24) is 4.90 Å². The molecule has 0 amide bonds. The molecule has 112 valence electrons. The van der Waals surface area contributed by atoms with Crippen molar-refractivity contribution in [2.45, 2.75) is 83.7 Å². The molecule has 1 saturated carbocycles. The summed E-state index contributed by atoms with van der Waals surface area (Å²) in [4.78, 5) is 2.79. The van der Waals surface area contributed by atoms with Gasteiger partial charge in [-0.15, -0.1) is 0 Å². The first-order valence-corrected chi connectivity index (χ1v) is 8.74. The van der Waals surface area contributed by atoms with Gasteiger partial charge in [0, 0.05) is 18.6 Å². The third kappa shape index (κ3) is 4.19. The van der Waals surface area contributed by atoms with Crippen LogP contribution in [0.2, 0.25) is 0 Å². The van der Waals surface area contributed by atoms with Crippen molar-refractivity contribution < 1.29 is 0 Å². The molecule has 0 spiro atoms. The fraction of sp³-hybridized carbons (Fsp3) is 1.00. The average Bonchev–Trinajstić information content (AvgIpc) is 2.43. The summed E-state index contributed by atoms with van der Waals surface area (Å²) in [7, 11) is 0. The van der Waals surface area contributed by atoms with Crippen LogP contribution in [0.3, 0.4) is 0 Å². The zero-order valence-electron chi connectivity index (χ0n) is 13.1. The first-order valence-electron chi connectivity index (χ1n) is 8.74. The molecule has 1 saturated heterocycles. The lowest BCUT2D eigenvalue weighted by molar-refractivity contribution is 0.0886.